The van der Waals surface area contributed by atoms with Gasteiger partial charge in [-0.1, -0.05) is 30.4 Å². The summed E-state index contributed by atoms with van der Waals surface area (Å²) in [4.78, 5) is 7.51. The first kappa shape index (κ1) is 18.9. The second-order valence-corrected chi connectivity index (χ2v) is 8.38. The van der Waals surface area contributed by atoms with E-state index < -0.39 is 0 Å². The predicted octanol–water partition coefficient (Wildman–Crippen LogP) is 3.22. The molecule has 4 rings (SSSR count). The van der Waals surface area contributed by atoms with Crippen molar-refractivity contribution in [2.45, 2.75) is 50.6 Å². The molecule has 1 fully saturated rings. The van der Waals surface area contributed by atoms with Crippen molar-refractivity contribution in [2.24, 2.45) is 17.6 Å². The molecule has 1 aromatic heterocycles. The van der Waals surface area contributed by atoms with Crippen LogP contribution in [0.5, 0.6) is 0 Å². The van der Waals surface area contributed by atoms with Crippen LogP contribution in [0.3, 0.4) is 0 Å². The Labute approximate surface area is 163 Å². The monoisotopic (exact) mass is 366 g/mol. The topological polar surface area (TPSA) is 54.2 Å². The van der Waals surface area contributed by atoms with E-state index >= 15 is 0 Å². The van der Waals surface area contributed by atoms with Gasteiger partial charge in [0.2, 0.25) is 0 Å². The maximum Gasteiger partial charge on any atom is 0.0607 e. The highest BCUT2D eigenvalue weighted by Gasteiger charge is 2.32. The Bertz CT molecular complexity index is 668. The van der Waals surface area contributed by atoms with E-state index in [4.69, 9.17) is 10.7 Å². The van der Waals surface area contributed by atoms with E-state index in [9.17, 15) is 0 Å². The van der Waals surface area contributed by atoms with Crippen LogP contribution in [0.15, 0.2) is 42.6 Å². The van der Waals surface area contributed by atoms with Crippen molar-refractivity contribution in [3.8, 4) is 0 Å². The zero-order valence-corrected chi connectivity index (χ0v) is 16.4. The molecule has 3 N–H and O–H groups in total. The Morgan fingerprint density at radius 3 is 2.96 bits per heavy atom. The molecule has 0 aromatic carbocycles. The van der Waals surface area contributed by atoms with E-state index in [-0.39, 0.29) is 0 Å². The van der Waals surface area contributed by atoms with Crippen LogP contribution in [-0.2, 0) is 6.42 Å². The van der Waals surface area contributed by atoms with Crippen molar-refractivity contribution in [2.75, 3.05) is 26.2 Å². The summed E-state index contributed by atoms with van der Waals surface area (Å²) >= 11 is 0. The van der Waals surface area contributed by atoms with Gasteiger partial charge < -0.3 is 11.1 Å². The molecular weight excluding hydrogens is 332 g/mol. The molecule has 1 saturated heterocycles. The van der Waals surface area contributed by atoms with E-state index in [1.807, 2.05) is 6.20 Å². The number of fused-ring (bicyclic) bond motifs is 2. The number of allylic oxidation sites excluding steroid dienone is 3. The molecule has 4 heteroatoms. The van der Waals surface area contributed by atoms with Gasteiger partial charge in [0.25, 0.3) is 0 Å². The number of aromatic nitrogens is 1. The van der Waals surface area contributed by atoms with Crippen LogP contribution in [0.25, 0.3) is 0 Å². The zero-order valence-electron chi connectivity index (χ0n) is 16.4. The average Bonchev–Trinajstić information content (AvgIpc) is 2.73. The van der Waals surface area contributed by atoms with Gasteiger partial charge in [0, 0.05) is 25.3 Å². The van der Waals surface area contributed by atoms with Crippen LogP contribution < -0.4 is 11.1 Å². The van der Waals surface area contributed by atoms with Crippen LogP contribution in [0.2, 0.25) is 0 Å². The lowest BCUT2D eigenvalue weighted by Gasteiger charge is -2.41. The minimum absolute atomic E-state index is 0.467. The number of hydrogen-bond acceptors (Lipinski definition) is 4. The van der Waals surface area contributed by atoms with Crippen LogP contribution in [0.1, 0.15) is 49.4 Å². The predicted molar refractivity (Wildman–Crippen MR) is 111 cm³/mol. The fraction of sp³-hybridized carbons (Fsp3) is 0.609. The number of pyridine rings is 1. The molecular formula is C23H34N4. The van der Waals surface area contributed by atoms with Gasteiger partial charge in [0.05, 0.1) is 11.7 Å². The molecule has 2 aliphatic carbocycles. The van der Waals surface area contributed by atoms with Crippen molar-refractivity contribution in [1.29, 1.82) is 0 Å². The summed E-state index contributed by atoms with van der Waals surface area (Å²) in [7, 11) is 0. The highest BCUT2D eigenvalue weighted by atomic mass is 15.2. The van der Waals surface area contributed by atoms with Crippen molar-refractivity contribution in [1.82, 2.24) is 15.2 Å². The maximum absolute atomic E-state index is 5.77. The molecule has 27 heavy (non-hydrogen) atoms. The molecule has 0 spiro atoms. The molecule has 146 valence electrons. The van der Waals surface area contributed by atoms with Crippen LogP contribution >= 0.6 is 0 Å². The van der Waals surface area contributed by atoms with Crippen molar-refractivity contribution in [3.05, 3.63) is 53.9 Å². The molecule has 4 nitrogen and oxygen atoms in total. The summed E-state index contributed by atoms with van der Waals surface area (Å²) in [5, 5.41) is 3.83. The quantitative estimate of drug-likeness (QED) is 0.728. The van der Waals surface area contributed by atoms with Gasteiger partial charge in [-0.05, 0) is 75.1 Å². The first-order valence-electron chi connectivity index (χ1n) is 10.8. The van der Waals surface area contributed by atoms with Gasteiger partial charge in [-0.25, -0.2) is 0 Å². The summed E-state index contributed by atoms with van der Waals surface area (Å²) in [5.41, 5.74) is 8.55. The van der Waals surface area contributed by atoms with Crippen LogP contribution in [-0.4, -0.2) is 42.1 Å². The Morgan fingerprint density at radius 2 is 2.07 bits per heavy atom. The number of piperidine rings is 1. The Morgan fingerprint density at radius 1 is 1.19 bits per heavy atom. The molecule has 0 bridgehead atoms. The number of hydrogen-bond donors (Lipinski definition) is 2. The smallest absolute Gasteiger partial charge is 0.0607 e. The summed E-state index contributed by atoms with van der Waals surface area (Å²) < 4.78 is 0. The summed E-state index contributed by atoms with van der Waals surface area (Å²) in [6.07, 6.45) is 18.4. The molecule has 1 aromatic rings. The maximum atomic E-state index is 5.77. The van der Waals surface area contributed by atoms with Crippen molar-refractivity contribution >= 4 is 0 Å². The second kappa shape index (κ2) is 9.13. The zero-order chi connectivity index (χ0) is 18.5. The molecule has 4 atom stereocenters. The van der Waals surface area contributed by atoms with Gasteiger partial charge >= 0.3 is 0 Å². The first-order chi connectivity index (χ1) is 13.3. The van der Waals surface area contributed by atoms with Crippen molar-refractivity contribution in [3.63, 3.8) is 0 Å². The Kier molecular flexibility index (Phi) is 6.38. The number of nitrogens with zero attached hydrogens (tertiary/aromatic N) is 2. The van der Waals surface area contributed by atoms with E-state index in [2.05, 4.69) is 46.7 Å². The third-order valence-corrected chi connectivity index (χ3v) is 6.54. The third-order valence-electron chi connectivity index (χ3n) is 6.54. The summed E-state index contributed by atoms with van der Waals surface area (Å²) in [5.74, 6) is 1.37. The largest absolute Gasteiger partial charge is 0.330 e. The number of aryl methyl sites for hydroxylation is 1. The fourth-order valence-corrected chi connectivity index (χ4v) is 5.08. The minimum atomic E-state index is 0.467. The molecule has 2 heterocycles. The Hall–Kier alpha value is -1.49. The lowest BCUT2D eigenvalue weighted by molar-refractivity contribution is 0.134. The average molecular weight is 367 g/mol. The highest BCUT2D eigenvalue weighted by molar-refractivity contribution is 5.25. The van der Waals surface area contributed by atoms with E-state index in [1.165, 1.54) is 43.4 Å². The molecule has 0 amide bonds. The first-order valence-corrected chi connectivity index (χ1v) is 10.8. The molecule has 2 unspecified atom stereocenters. The summed E-state index contributed by atoms with van der Waals surface area (Å²) in [6.45, 7) is 4.13. The third kappa shape index (κ3) is 4.50. The van der Waals surface area contributed by atoms with E-state index in [0.717, 1.165) is 32.6 Å². The highest BCUT2D eigenvalue weighted by Crippen LogP contribution is 2.34. The lowest BCUT2D eigenvalue weighted by Crippen LogP contribution is -2.50. The number of unbranched alkanes of at least 4 members (excludes halogenated alkanes) is 1. The van der Waals surface area contributed by atoms with Crippen LogP contribution in [0, 0.1) is 11.8 Å². The molecule has 0 radical (unpaired) electrons. The van der Waals surface area contributed by atoms with Gasteiger partial charge in [-0.2, -0.15) is 0 Å². The standard InChI is InChI=1S/C23H34N4/c24-12-3-4-14-27(22-11-5-9-18-10-6-13-25-23(18)22)17-21-15-19-7-1-2-8-20(19)16-26-21/h1-2,6-8,10,13,19-22,26H,3-5,9,11-12,14-17,24H2/t19?,20?,21-,22-/m0/s1. The number of nitrogens with two attached hydrogens (primary N) is 1. The normalized spacial score (nSPS) is 29.6. The fourth-order valence-electron chi connectivity index (χ4n) is 5.08. The second-order valence-electron chi connectivity index (χ2n) is 8.38. The van der Waals surface area contributed by atoms with E-state index in [1.54, 1.807) is 0 Å². The van der Waals surface area contributed by atoms with E-state index in [0.29, 0.717) is 23.9 Å². The van der Waals surface area contributed by atoms with Gasteiger partial charge in [0.1, 0.15) is 0 Å². The van der Waals surface area contributed by atoms with Gasteiger partial charge in [-0.15, -0.1) is 0 Å². The van der Waals surface area contributed by atoms with Gasteiger partial charge in [0.15, 0.2) is 0 Å². The van der Waals surface area contributed by atoms with Gasteiger partial charge in [-0.3, -0.25) is 9.88 Å². The Balaban J connectivity index is 1.46. The minimum Gasteiger partial charge on any atom is -0.330 e. The van der Waals surface area contributed by atoms with Crippen LogP contribution in [0.4, 0.5) is 0 Å². The molecule has 1 aliphatic heterocycles. The SMILES string of the molecule is NCCCCN(C[C@@H]1CC2C=CC=CC2CN1)[C@H]1CCCc2cccnc21. The number of nitrogens with one attached hydrogen (secondary N) is 1. The van der Waals surface area contributed by atoms with Crippen molar-refractivity contribution < 1.29 is 0 Å². The number of rotatable bonds is 7. The lowest BCUT2D eigenvalue weighted by atomic mass is 9.80. The molecule has 0 saturated carbocycles. The molecule has 3 aliphatic rings. The summed E-state index contributed by atoms with van der Waals surface area (Å²) in [6, 6.07) is 5.39.